The van der Waals surface area contributed by atoms with Gasteiger partial charge in [-0.05, 0) is 311 Å². The van der Waals surface area contributed by atoms with Crippen LogP contribution in [0.15, 0.2) is 556 Å². The zero-order chi connectivity index (χ0) is 93.0. The van der Waals surface area contributed by atoms with Crippen molar-refractivity contribution >= 4 is 51.1 Å². The molecule has 18 aromatic rings. The highest BCUT2D eigenvalue weighted by Gasteiger charge is 2.40. The Balaban J connectivity index is 0.000000133. The summed E-state index contributed by atoms with van der Waals surface area (Å²) in [5.74, 6) is 1.01. The van der Waals surface area contributed by atoms with Gasteiger partial charge in [0.1, 0.15) is 0 Å². The lowest BCUT2D eigenvalue weighted by molar-refractivity contribution is 0.660. The van der Waals surface area contributed by atoms with Gasteiger partial charge in [-0.3, -0.25) is 0 Å². The van der Waals surface area contributed by atoms with Gasteiger partial charge < -0.3 is 19.6 Å². The van der Waals surface area contributed by atoms with E-state index in [0.717, 1.165) is 59.8 Å². The Labute approximate surface area is 818 Å². The molecule has 0 spiro atoms. The molecule has 0 amide bonds. The molecular formula is C135H106N4. The number of para-hydroxylation sites is 2. The predicted molar refractivity (Wildman–Crippen MR) is 587 cm³/mol. The van der Waals surface area contributed by atoms with Crippen molar-refractivity contribution in [3.05, 3.63) is 572 Å². The average Bonchev–Trinajstić information content (AvgIpc) is 1.58. The number of benzene rings is 18. The molecule has 666 valence electrons. The molecule has 2 unspecified atom stereocenters. The molecule has 0 aromatic heterocycles. The number of fused-ring (bicyclic) bond motifs is 7. The first-order valence-electron chi connectivity index (χ1n) is 49.0. The molecule has 0 saturated carbocycles. The molecule has 0 saturated heterocycles. The Morgan fingerprint density at radius 3 is 0.928 bits per heavy atom. The third-order valence-electron chi connectivity index (χ3n) is 28.9. The molecule has 2 aliphatic heterocycles. The number of anilines is 8. The van der Waals surface area contributed by atoms with Gasteiger partial charge in [0.25, 0.3) is 0 Å². The zero-order valence-corrected chi connectivity index (χ0v) is 78.3. The highest BCUT2D eigenvalue weighted by atomic mass is 15.2. The number of hydrogen-bond acceptors (Lipinski definition) is 4. The van der Waals surface area contributed by atoms with E-state index in [2.05, 4.69) is 555 Å². The van der Waals surface area contributed by atoms with E-state index in [1.165, 1.54) is 181 Å². The first-order valence-corrected chi connectivity index (χ1v) is 49.0. The van der Waals surface area contributed by atoms with Crippen molar-refractivity contribution in [2.75, 3.05) is 19.6 Å². The molecule has 4 nitrogen and oxygen atoms in total. The van der Waals surface area contributed by atoms with E-state index in [0.29, 0.717) is 11.8 Å². The van der Waals surface area contributed by atoms with E-state index in [-0.39, 0.29) is 5.41 Å². The summed E-state index contributed by atoms with van der Waals surface area (Å²) >= 11 is 0. The van der Waals surface area contributed by atoms with Crippen LogP contribution in [0.5, 0.6) is 0 Å². The molecule has 2 atom stereocenters. The van der Waals surface area contributed by atoms with Crippen molar-refractivity contribution in [3.63, 3.8) is 0 Å². The molecule has 4 heteroatoms. The minimum atomic E-state index is -0.0863. The van der Waals surface area contributed by atoms with Gasteiger partial charge in [0.15, 0.2) is 0 Å². The second-order valence-electron chi connectivity index (χ2n) is 37.6. The molecule has 0 bridgehead atoms. The third-order valence-corrected chi connectivity index (χ3v) is 28.9. The van der Waals surface area contributed by atoms with Gasteiger partial charge in [0, 0.05) is 85.5 Å². The Morgan fingerprint density at radius 1 is 0.237 bits per heavy atom. The minimum absolute atomic E-state index is 0.0863. The second kappa shape index (κ2) is 38.5. The van der Waals surface area contributed by atoms with Crippen molar-refractivity contribution in [1.29, 1.82) is 0 Å². The van der Waals surface area contributed by atoms with Gasteiger partial charge in [-0.25, -0.2) is 0 Å². The van der Waals surface area contributed by atoms with Crippen LogP contribution in [0.3, 0.4) is 0 Å². The maximum absolute atomic E-state index is 2.49. The van der Waals surface area contributed by atoms with Crippen molar-refractivity contribution in [3.8, 4) is 111 Å². The van der Waals surface area contributed by atoms with Crippen molar-refractivity contribution in [2.45, 2.75) is 57.8 Å². The Kier molecular flexibility index (Phi) is 23.9. The first-order chi connectivity index (χ1) is 68.7. The topological polar surface area (TPSA) is 13.0 Å². The largest absolute Gasteiger partial charge is 0.314 e. The summed E-state index contributed by atoms with van der Waals surface area (Å²) < 4.78 is 0. The van der Waals surface area contributed by atoms with Crippen LogP contribution in [-0.4, -0.2) is 0 Å². The number of allylic oxidation sites excluding steroid dienone is 12. The molecule has 2 heterocycles. The third kappa shape index (κ3) is 17.5. The molecule has 7 aliphatic rings. The summed E-state index contributed by atoms with van der Waals surface area (Å²) in [6.45, 7) is 4.70. The summed E-state index contributed by atoms with van der Waals surface area (Å²) in [6.07, 6.45) is 27.6. The summed E-state index contributed by atoms with van der Waals surface area (Å²) in [5, 5.41) is 0. The monoisotopic (exact) mass is 1780 g/mol. The summed E-state index contributed by atoms with van der Waals surface area (Å²) in [7, 11) is 0. The van der Waals surface area contributed by atoms with Crippen molar-refractivity contribution in [1.82, 2.24) is 0 Å². The molecule has 0 radical (unpaired) electrons. The molecule has 18 aromatic carbocycles. The lowest BCUT2D eigenvalue weighted by Crippen LogP contribution is -2.20. The maximum atomic E-state index is 2.49. The fourth-order valence-electron chi connectivity index (χ4n) is 21.7. The maximum Gasteiger partial charge on any atom is 0.0465 e. The highest BCUT2D eigenvalue weighted by molar-refractivity contribution is 5.89. The van der Waals surface area contributed by atoms with E-state index in [1.54, 1.807) is 11.1 Å². The van der Waals surface area contributed by atoms with Crippen molar-refractivity contribution in [2.24, 2.45) is 11.8 Å². The highest BCUT2D eigenvalue weighted by Crippen LogP contribution is 2.54. The van der Waals surface area contributed by atoms with Crippen LogP contribution in [0.1, 0.15) is 69.1 Å². The van der Waals surface area contributed by atoms with Crippen LogP contribution >= 0.6 is 0 Å². The van der Waals surface area contributed by atoms with Crippen LogP contribution in [0.2, 0.25) is 0 Å². The van der Waals surface area contributed by atoms with Crippen LogP contribution in [0.4, 0.5) is 45.5 Å². The first kappa shape index (κ1) is 86.2. The van der Waals surface area contributed by atoms with Gasteiger partial charge in [-0.15, -0.1) is 0 Å². The predicted octanol–water partition coefficient (Wildman–Crippen LogP) is 36.6. The zero-order valence-electron chi connectivity index (χ0n) is 78.3. The Morgan fingerprint density at radius 2 is 0.532 bits per heavy atom. The van der Waals surface area contributed by atoms with Gasteiger partial charge in [-0.1, -0.05) is 408 Å². The standard InChI is InChI=1S/C66H50N2.C51H39N.C18H17N/c1-4-12-47(13-5-1)49-20-24-51(25-21-49)54-32-39-60(40-33-54)67(61-41-34-55(35-42-61)52-26-22-50(23-27-52)48-14-6-2-7-15-48)62-43-36-56(37-44-62)53-28-30-57(31-29-53)58-38-45-66-64(46-58)63-18-10-11-19-65(63)68(66)59-16-8-3-9-17-59;1-51(2)49-19-10-9-18-47(49)48-33-32-46(35-50(48)51)52(44-28-24-40(25-29-44)39-22-20-38(21-23-39)36-12-5-3-6-13-36)45-30-26-41(27-31-45)43-17-11-16-42(34-43)37-14-7-4-8-15-37;1-2-8-14(9-3-1)19-17-12-6-4-10-15(17)16-11-5-7-13-18(16)19/h1-9,11-17,19-45,64H,10,18,46H2;3-35H,1-2H3;1-4,6-9,12-13,15H,5,10-11H2. The van der Waals surface area contributed by atoms with Gasteiger partial charge in [0.2, 0.25) is 0 Å². The SMILES string of the molecule is C1=CC2=C(CC1)C1CC(c3ccc(-c4ccc(N(c5ccc(-c6ccc(-c7ccccc7)cc6)cc5)c5ccc(-c6ccc(-c7ccccc7)cc6)cc5)cc4)cc3)=CC=C1N2c1ccccc1.C1=CCC2C(=C1)N(c1ccccc1)C1=C2CCC=C1.CC1(C)c2ccccc2-c2ccc(N(c3ccc(-c4ccc(-c5ccccc5)cc4)cc3)c3ccc(-c4cccc(-c5ccccc5)c4)cc3)cc21. The van der Waals surface area contributed by atoms with Gasteiger partial charge >= 0.3 is 0 Å². The molecule has 139 heavy (non-hydrogen) atoms. The van der Waals surface area contributed by atoms with Crippen molar-refractivity contribution < 1.29 is 0 Å². The van der Waals surface area contributed by atoms with E-state index >= 15 is 0 Å². The molecule has 5 aliphatic carbocycles. The van der Waals surface area contributed by atoms with Crippen LogP contribution in [-0.2, 0) is 5.41 Å². The fourth-order valence-corrected chi connectivity index (χ4v) is 21.7. The number of rotatable bonds is 18. The number of nitrogens with zero attached hydrogens (tertiary/aromatic N) is 4. The van der Waals surface area contributed by atoms with Crippen LogP contribution in [0, 0.1) is 11.8 Å². The summed E-state index contributed by atoms with van der Waals surface area (Å²) in [5.41, 5.74) is 47.9. The molecule has 25 rings (SSSR count). The Bertz CT molecular complexity index is 7620. The number of hydrogen-bond donors (Lipinski definition) is 0. The molecule has 0 N–H and O–H groups in total. The second-order valence-corrected chi connectivity index (χ2v) is 37.6. The van der Waals surface area contributed by atoms with Gasteiger partial charge in [-0.2, -0.15) is 0 Å². The van der Waals surface area contributed by atoms with E-state index < -0.39 is 0 Å². The quantitative estimate of drug-likeness (QED) is 0.0849. The Hall–Kier alpha value is -16.9. The lowest BCUT2D eigenvalue weighted by atomic mass is 9.82. The summed E-state index contributed by atoms with van der Waals surface area (Å²) in [4.78, 5) is 9.68. The average molecular weight is 1780 g/mol. The van der Waals surface area contributed by atoms with Gasteiger partial charge in [0.05, 0.1) is 0 Å². The van der Waals surface area contributed by atoms with Crippen LogP contribution < -0.4 is 19.6 Å². The smallest absolute Gasteiger partial charge is 0.0465 e. The van der Waals surface area contributed by atoms with E-state index in [4.69, 9.17) is 0 Å². The summed E-state index contributed by atoms with van der Waals surface area (Å²) in [6, 6.07) is 169. The van der Waals surface area contributed by atoms with E-state index in [9.17, 15) is 0 Å². The van der Waals surface area contributed by atoms with Crippen LogP contribution in [0.25, 0.3) is 117 Å². The fraction of sp³-hybridized carbons (Fsp3) is 0.0815. The molecular weight excluding hydrogens is 1680 g/mol. The normalized spacial score (nSPS) is 15.4. The van der Waals surface area contributed by atoms with E-state index in [1.807, 2.05) is 0 Å². The molecule has 0 fully saturated rings. The minimum Gasteiger partial charge on any atom is -0.314 e. The lowest BCUT2D eigenvalue weighted by Gasteiger charge is -2.28.